The zero-order chi connectivity index (χ0) is 24.5. The lowest BCUT2D eigenvalue weighted by Crippen LogP contribution is -2.45. The Hall–Kier alpha value is -3.17. The number of urea groups is 1. The van der Waals surface area contributed by atoms with Gasteiger partial charge in [-0.1, -0.05) is 18.9 Å². The van der Waals surface area contributed by atoms with Crippen LogP contribution in [0.5, 0.6) is 0 Å². The highest BCUT2D eigenvalue weighted by atomic mass is 32.1. The Bertz CT molecular complexity index is 1300. The topological polar surface area (TPSA) is 90.6 Å². The highest BCUT2D eigenvalue weighted by Gasteiger charge is 2.24. The molecule has 3 aromatic heterocycles. The van der Waals surface area contributed by atoms with Crippen LogP contribution in [0.3, 0.4) is 0 Å². The second-order valence-electron chi connectivity index (χ2n) is 9.75. The first-order valence-electron chi connectivity index (χ1n) is 12.8. The smallest absolute Gasteiger partial charge is 0.317 e. The van der Waals surface area contributed by atoms with E-state index in [-0.39, 0.29) is 11.9 Å². The van der Waals surface area contributed by atoms with Crippen molar-refractivity contribution in [3.05, 3.63) is 47.1 Å². The minimum atomic E-state index is 0.0557. The maximum Gasteiger partial charge on any atom is 0.317 e. The SMILES string of the molecule is O=C(NC1CCCC1)N1CC=C(c2c[nH]c3ncc(-c4ccc(C(=O)N5CCOCC5)s4)cc23)CC1. The number of aromatic amines is 1. The highest BCUT2D eigenvalue weighted by molar-refractivity contribution is 7.17. The fourth-order valence-corrected chi connectivity index (χ4v) is 6.32. The lowest BCUT2D eigenvalue weighted by molar-refractivity contribution is 0.0306. The van der Waals surface area contributed by atoms with E-state index in [0.29, 0.717) is 45.4 Å². The van der Waals surface area contributed by atoms with Gasteiger partial charge >= 0.3 is 6.03 Å². The standard InChI is InChI=1S/C27H31N5O3S/c33-26(31-11-13-35-14-12-31)24-6-5-23(36-24)19-15-21-22(17-29-25(21)28-16-19)18-7-9-32(10-8-18)27(34)30-20-3-1-2-4-20/h5-7,15-17,20H,1-4,8-14H2,(H,28,29)(H,30,34). The number of hydrogen-bond acceptors (Lipinski definition) is 5. The number of fused-ring (bicyclic) bond motifs is 1. The van der Waals surface area contributed by atoms with Gasteiger partial charge < -0.3 is 24.8 Å². The highest BCUT2D eigenvalue weighted by Crippen LogP contribution is 2.34. The molecule has 0 bridgehead atoms. The van der Waals surface area contributed by atoms with Crippen molar-refractivity contribution in [2.45, 2.75) is 38.1 Å². The number of ether oxygens (including phenoxy) is 1. The molecule has 0 spiro atoms. The van der Waals surface area contributed by atoms with E-state index in [2.05, 4.69) is 27.4 Å². The van der Waals surface area contributed by atoms with Crippen molar-refractivity contribution in [2.75, 3.05) is 39.4 Å². The third-order valence-electron chi connectivity index (χ3n) is 7.46. The molecule has 1 saturated carbocycles. The number of amides is 3. The number of rotatable bonds is 4. The molecule has 3 amide bonds. The monoisotopic (exact) mass is 505 g/mol. The van der Waals surface area contributed by atoms with Crippen molar-refractivity contribution in [1.82, 2.24) is 25.1 Å². The number of carbonyl (C=O) groups is 2. The van der Waals surface area contributed by atoms with Crippen molar-refractivity contribution in [2.24, 2.45) is 0 Å². The zero-order valence-corrected chi connectivity index (χ0v) is 21.1. The van der Waals surface area contributed by atoms with Gasteiger partial charge in [0.2, 0.25) is 0 Å². The predicted molar refractivity (Wildman–Crippen MR) is 141 cm³/mol. The van der Waals surface area contributed by atoms with Crippen LogP contribution in [-0.4, -0.2) is 77.1 Å². The molecule has 2 N–H and O–H groups in total. The molecule has 0 atom stereocenters. The van der Waals surface area contributed by atoms with Gasteiger partial charge in [0.25, 0.3) is 5.91 Å². The molecule has 2 aliphatic heterocycles. The van der Waals surface area contributed by atoms with Crippen LogP contribution in [0, 0.1) is 0 Å². The number of pyridine rings is 1. The minimum Gasteiger partial charge on any atom is -0.378 e. The molecular weight excluding hydrogens is 474 g/mol. The Morgan fingerprint density at radius 1 is 1.11 bits per heavy atom. The molecule has 8 nitrogen and oxygen atoms in total. The summed E-state index contributed by atoms with van der Waals surface area (Å²) >= 11 is 1.51. The Morgan fingerprint density at radius 3 is 2.72 bits per heavy atom. The molecule has 36 heavy (non-hydrogen) atoms. The average molecular weight is 506 g/mol. The molecule has 0 unspecified atom stereocenters. The van der Waals surface area contributed by atoms with Crippen LogP contribution in [0.15, 0.2) is 36.7 Å². The summed E-state index contributed by atoms with van der Waals surface area (Å²) in [6.45, 7) is 3.80. The maximum atomic E-state index is 12.9. The van der Waals surface area contributed by atoms with Crippen LogP contribution < -0.4 is 5.32 Å². The van der Waals surface area contributed by atoms with Crippen molar-refractivity contribution in [1.29, 1.82) is 0 Å². The van der Waals surface area contributed by atoms with E-state index in [4.69, 9.17) is 4.74 Å². The first kappa shape index (κ1) is 23.2. The molecule has 6 rings (SSSR count). The van der Waals surface area contributed by atoms with E-state index in [9.17, 15) is 9.59 Å². The van der Waals surface area contributed by atoms with E-state index in [0.717, 1.165) is 51.2 Å². The molecule has 3 aromatic rings. The van der Waals surface area contributed by atoms with Gasteiger partial charge in [0.05, 0.1) is 18.1 Å². The number of aromatic nitrogens is 2. The number of H-pyrrole nitrogens is 1. The Kier molecular flexibility index (Phi) is 6.50. The number of carbonyl (C=O) groups excluding carboxylic acids is 2. The fourth-order valence-electron chi connectivity index (χ4n) is 5.37. The van der Waals surface area contributed by atoms with Crippen molar-refractivity contribution < 1.29 is 14.3 Å². The Balaban J connectivity index is 1.18. The van der Waals surface area contributed by atoms with Crippen LogP contribution in [-0.2, 0) is 4.74 Å². The van der Waals surface area contributed by atoms with Gasteiger partial charge in [0.1, 0.15) is 5.65 Å². The second-order valence-corrected chi connectivity index (χ2v) is 10.8. The summed E-state index contributed by atoms with van der Waals surface area (Å²) in [6.07, 6.45) is 11.5. The summed E-state index contributed by atoms with van der Waals surface area (Å²) in [5.74, 6) is 0.0693. The first-order chi connectivity index (χ1) is 17.7. The molecule has 0 aromatic carbocycles. The predicted octanol–water partition coefficient (Wildman–Crippen LogP) is 4.51. The normalized spacial score (nSPS) is 19.1. The van der Waals surface area contributed by atoms with E-state index in [1.54, 1.807) is 0 Å². The zero-order valence-electron chi connectivity index (χ0n) is 20.3. The summed E-state index contributed by atoms with van der Waals surface area (Å²) in [5, 5.41) is 4.26. The summed E-state index contributed by atoms with van der Waals surface area (Å²) in [5.41, 5.74) is 4.22. The summed E-state index contributed by atoms with van der Waals surface area (Å²) in [6, 6.07) is 6.47. The molecule has 1 saturated heterocycles. The van der Waals surface area contributed by atoms with E-state index in [1.807, 2.05) is 34.3 Å². The summed E-state index contributed by atoms with van der Waals surface area (Å²) in [4.78, 5) is 39.0. The molecule has 188 valence electrons. The Labute approximate surface area is 214 Å². The second kappa shape index (κ2) is 10.1. The number of nitrogens with zero attached hydrogens (tertiary/aromatic N) is 3. The molecule has 2 fully saturated rings. The van der Waals surface area contributed by atoms with Gasteiger partial charge in [-0.2, -0.15) is 0 Å². The third-order valence-corrected chi connectivity index (χ3v) is 8.58. The number of morpholine rings is 1. The lowest BCUT2D eigenvalue weighted by Gasteiger charge is -2.28. The fraction of sp³-hybridized carbons (Fsp3) is 0.444. The van der Waals surface area contributed by atoms with Crippen LogP contribution in [0.25, 0.3) is 27.0 Å². The van der Waals surface area contributed by atoms with Crippen molar-refractivity contribution in [3.63, 3.8) is 0 Å². The van der Waals surface area contributed by atoms with Gasteiger partial charge in [-0.05, 0) is 43.0 Å². The molecular formula is C27H31N5O3S. The molecule has 5 heterocycles. The van der Waals surface area contributed by atoms with E-state index >= 15 is 0 Å². The van der Waals surface area contributed by atoms with Crippen molar-refractivity contribution in [3.8, 4) is 10.4 Å². The summed E-state index contributed by atoms with van der Waals surface area (Å²) < 4.78 is 5.37. The van der Waals surface area contributed by atoms with Crippen LogP contribution in [0.4, 0.5) is 4.79 Å². The molecule has 0 radical (unpaired) electrons. The number of thiophene rings is 1. The van der Waals surface area contributed by atoms with Gasteiger partial charge in [0, 0.05) is 66.0 Å². The molecule has 9 heteroatoms. The number of nitrogens with one attached hydrogen (secondary N) is 2. The van der Waals surface area contributed by atoms with Crippen LogP contribution >= 0.6 is 11.3 Å². The largest absolute Gasteiger partial charge is 0.378 e. The van der Waals surface area contributed by atoms with Gasteiger partial charge in [-0.3, -0.25) is 4.79 Å². The lowest BCUT2D eigenvalue weighted by atomic mass is 9.99. The van der Waals surface area contributed by atoms with Crippen LogP contribution in [0.2, 0.25) is 0 Å². The van der Waals surface area contributed by atoms with Crippen molar-refractivity contribution >= 4 is 39.9 Å². The van der Waals surface area contributed by atoms with E-state index in [1.165, 1.54) is 29.8 Å². The molecule has 3 aliphatic rings. The average Bonchev–Trinajstić information content (AvgIpc) is 3.70. The molecule has 1 aliphatic carbocycles. The number of hydrogen-bond donors (Lipinski definition) is 2. The third kappa shape index (κ3) is 4.65. The Morgan fingerprint density at radius 2 is 1.94 bits per heavy atom. The van der Waals surface area contributed by atoms with E-state index < -0.39 is 0 Å². The maximum absolute atomic E-state index is 12.9. The minimum absolute atomic E-state index is 0.0557. The quantitative estimate of drug-likeness (QED) is 0.546. The first-order valence-corrected chi connectivity index (χ1v) is 13.7. The van der Waals surface area contributed by atoms with Crippen LogP contribution in [0.1, 0.15) is 47.3 Å². The van der Waals surface area contributed by atoms with Gasteiger partial charge in [-0.25, -0.2) is 9.78 Å². The summed E-state index contributed by atoms with van der Waals surface area (Å²) in [7, 11) is 0. The van der Waals surface area contributed by atoms with Gasteiger partial charge in [0.15, 0.2) is 0 Å². The van der Waals surface area contributed by atoms with Gasteiger partial charge in [-0.15, -0.1) is 11.3 Å².